The number of alkyl halides is 6. The third-order valence-corrected chi connectivity index (χ3v) is 5.64. The van der Waals surface area contributed by atoms with Crippen molar-refractivity contribution in [3.63, 3.8) is 0 Å². The van der Waals surface area contributed by atoms with E-state index in [0.717, 1.165) is 36.4 Å². The van der Waals surface area contributed by atoms with Crippen molar-refractivity contribution in [3.8, 4) is 0 Å². The van der Waals surface area contributed by atoms with Crippen LogP contribution in [0, 0.1) is 6.92 Å². The predicted octanol–water partition coefficient (Wildman–Crippen LogP) is 4.07. The summed E-state index contributed by atoms with van der Waals surface area (Å²) in [6.07, 6.45) is -10.2. The molecule has 0 saturated heterocycles. The summed E-state index contributed by atoms with van der Waals surface area (Å²) >= 11 is 0. The Balaban J connectivity index is 2.30. The lowest BCUT2D eigenvalue weighted by atomic mass is 10.1. The number of aryl methyl sites for hydroxylation is 1. The van der Waals surface area contributed by atoms with Crippen LogP contribution in [-0.2, 0) is 21.0 Å². The van der Waals surface area contributed by atoms with Crippen LogP contribution >= 0.6 is 0 Å². The maximum absolute atomic E-state index is 13.1. The number of aliphatic hydroxyl groups is 1. The van der Waals surface area contributed by atoms with Crippen molar-refractivity contribution < 1.29 is 44.7 Å². The summed E-state index contributed by atoms with van der Waals surface area (Å²) < 4.78 is 104. The van der Waals surface area contributed by atoms with E-state index in [0.29, 0.717) is 6.07 Å². The highest BCUT2D eigenvalue weighted by Crippen LogP contribution is 2.35. The molecule has 1 amide bonds. The van der Waals surface area contributed by atoms with Gasteiger partial charge in [0.15, 0.2) is 0 Å². The summed E-state index contributed by atoms with van der Waals surface area (Å²) in [5.41, 5.74) is -5.35. The molecule has 6 nitrogen and oxygen atoms in total. The number of sulfonamides is 1. The molecule has 0 bridgehead atoms. The van der Waals surface area contributed by atoms with E-state index < -0.39 is 44.3 Å². The van der Waals surface area contributed by atoms with Gasteiger partial charge in [-0.1, -0.05) is 12.1 Å². The van der Waals surface area contributed by atoms with E-state index in [1.807, 2.05) is 10.0 Å². The number of amides is 1. The first-order valence-electron chi connectivity index (χ1n) is 8.37. The van der Waals surface area contributed by atoms with Gasteiger partial charge in [-0.25, -0.2) is 8.42 Å². The van der Waals surface area contributed by atoms with Crippen LogP contribution in [0.5, 0.6) is 0 Å². The highest BCUT2D eigenvalue weighted by atomic mass is 32.2. The average Bonchev–Trinajstić information content (AvgIpc) is 2.62. The molecule has 0 spiro atoms. The Morgan fingerprint density at radius 3 is 2.10 bits per heavy atom. The quantitative estimate of drug-likeness (QED) is 0.575. The van der Waals surface area contributed by atoms with Gasteiger partial charge in [0, 0.05) is 11.4 Å². The van der Waals surface area contributed by atoms with Crippen LogP contribution in [0.25, 0.3) is 0 Å². The van der Waals surface area contributed by atoms with E-state index in [1.54, 1.807) is 0 Å². The topological polar surface area (TPSA) is 95.5 Å². The van der Waals surface area contributed by atoms with Gasteiger partial charge >= 0.3 is 12.4 Å². The van der Waals surface area contributed by atoms with E-state index in [4.69, 9.17) is 0 Å². The van der Waals surface area contributed by atoms with Gasteiger partial charge in [0.05, 0.1) is 10.5 Å². The number of benzene rings is 2. The van der Waals surface area contributed by atoms with Crippen LogP contribution in [0.3, 0.4) is 0 Å². The molecule has 3 N–H and O–H groups in total. The molecule has 0 heterocycles. The third kappa shape index (κ3) is 5.28. The smallest absolute Gasteiger partial charge is 0.373 e. The molecule has 2 rings (SSSR count). The van der Waals surface area contributed by atoms with Crippen LogP contribution in [0.15, 0.2) is 47.4 Å². The molecule has 170 valence electrons. The summed E-state index contributed by atoms with van der Waals surface area (Å²) in [7, 11) is -4.67. The van der Waals surface area contributed by atoms with Gasteiger partial charge in [-0.15, -0.1) is 0 Å². The lowest BCUT2D eigenvalue weighted by Crippen LogP contribution is -2.52. The minimum Gasteiger partial charge on any atom is -0.373 e. The lowest BCUT2D eigenvalue weighted by molar-refractivity contribution is -0.242. The molecule has 13 heteroatoms. The largest absolute Gasteiger partial charge is 0.426 e. The fourth-order valence-corrected chi connectivity index (χ4v) is 3.66. The molecule has 2 aromatic carbocycles. The highest BCUT2D eigenvalue weighted by molar-refractivity contribution is 7.92. The number of carbonyl (C=O) groups is 1. The van der Waals surface area contributed by atoms with E-state index in [1.165, 1.54) is 6.92 Å². The Bertz CT molecular complexity index is 1090. The molecule has 0 radical (unpaired) electrons. The minimum atomic E-state index is -5.24. The molecule has 31 heavy (non-hydrogen) atoms. The number of hydrogen-bond acceptors (Lipinski definition) is 4. The molecule has 1 atom stereocenters. The van der Waals surface area contributed by atoms with Crippen LogP contribution in [0.2, 0.25) is 0 Å². The van der Waals surface area contributed by atoms with Crippen molar-refractivity contribution in [1.82, 2.24) is 0 Å². The van der Waals surface area contributed by atoms with Gasteiger partial charge in [0.1, 0.15) is 0 Å². The first kappa shape index (κ1) is 24.5. The van der Waals surface area contributed by atoms with Crippen molar-refractivity contribution in [2.75, 3.05) is 10.0 Å². The Morgan fingerprint density at radius 1 is 1.00 bits per heavy atom. The van der Waals surface area contributed by atoms with Crippen molar-refractivity contribution in [2.24, 2.45) is 0 Å². The molecule has 0 fully saturated rings. The van der Waals surface area contributed by atoms with Gasteiger partial charge in [-0.2, -0.15) is 26.3 Å². The summed E-state index contributed by atoms with van der Waals surface area (Å²) in [6, 6.07) is 6.66. The lowest BCUT2D eigenvalue weighted by Gasteiger charge is -2.25. The monoisotopic (exact) mass is 470 g/mol. The minimum absolute atomic E-state index is 0.0793. The maximum Gasteiger partial charge on any atom is 0.426 e. The number of anilines is 2. The van der Waals surface area contributed by atoms with E-state index in [2.05, 4.69) is 0 Å². The van der Waals surface area contributed by atoms with E-state index >= 15 is 0 Å². The first-order valence-corrected chi connectivity index (χ1v) is 9.85. The molecular formula is C18H16F6N2O4S. The summed E-state index contributed by atoms with van der Waals surface area (Å²) in [6.45, 7) is 1.57. The fraction of sp³-hybridized carbons (Fsp3) is 0.278. The molecule has 0 saturated carbocycles. The summed E-state index contributed by atoms with van der Waals surface area (Å²) in [5, 5.41) is 11.2. The third-order valence-electron chi connectivity index (χ3n) is 4.20. The van der Waals surface area contributed by atoms with Gasteiger partial charge in [-0.3, -0.25) is 9.52 Å². The van der Waals surface area contributed by atoms with Crippen LogP contribution in [-0.4, -0.2) is 31.2 Å². The number of hydrogen-bond donors (Lipinski definition) is 3. The van der Waals surface area contributed by atoms with Gasteiger partial charge in [-0.05, 0) is 49.7 Å². The number of carbonyl (C=O) groups excluding carboxylic acids is 1. The summed E-state index contributed by atoms with van der Waals surface area (Å²) in [4.78, 5) is 10.7. The normalized spacial score (nSPS) is 14.6. The van der Waals surface area contributed by atoms with E-state index in [-0.39, 0.29) is 23.9 Å². The second kappa shape index (κ2) is 8.04. The molecular weight excluding hydrogens is 454 g/mol. The predicted molar refractivity (Wildman–Crippen MR) is 98.7 cm³/mol. The Kier molecular flexibility index (Phi) is 6.34. The zero-order valence-electron chi connectivity index (χ0n) is 15.9. The van der Waals surface area contributed by atoms with Crippen LogP contribution in [0.4, 0.5) is 37.7 Å². The molecule has 0 aliphatic carbocycles. The second-order valence-electron chi connectivity index (χ2n) is 6.65. The molecule has 2 aromatic rings. The van der Waals surface area contributed by atoms with E-state index in [9.17, 15) is 44.7 Å². The first-order chi connectivity index (χ1) is 14.0. The Labute approximate surface area is 172 Å². The molecule has 0 aromatic heterocycles. The van der Waals surface area contributed by atoms with Gasteiger partial charge < -0.3 is 10.4 Å². The average molecular weight is 470 g/mol. The van der Waals surface area contributed by atoms with Gasteiger partial charge in [0.2, 0.25) is 5.60 Å². The fourth-order valence-electron chi connectivity index (χ4n) is 2.39. The second-order valence-corrected chi connectivity index (χ2v) is 8.30. The van der Waals surface area contributed by atoms with Crippen molar-refractivity contribution in [3.05, 3.63) is 53.6 Å². The molecule has 1 unspecified atom stereocenters. The number of nitrogens with one attached hydrogen (secondary N) is 2. The number of rotatable bonds is 5. The maximum atomic E-state index is 13.1. The number of halogens is 6. The van der Waals surface area contributed by atoms with Crippen LogP contribution in [0.1, 0.15) is 18.1 Å². The zero-order valence-corrected chi connectivity index (χ0v) is 16.7. The Morgan fingerprint density at radius 2 is 1.58 bits per heavy atom. The molecule has 0 aliphatic rings. The standard InChI is InChI=1S/C18H16F6N2O4S/c1-10-9-11(7-8-13(10)25-15(27)16(2,28)18(22,23)24)26-31(29,30)14-6-4-3-5-12(14)17(19,20)21/h3-9,26,28H,1-2H3,(H,25,27). The summed E-state index contributed by atoms with van der Waals surface area (Å²) in [5.74, 6) is -1.77. The highest BCUT2D eigenvalue weighted by Gasteiger charge is 2.55. The van der Waals surface area contributed by atoms with Crippen LogP contribution < -0.4 is 10.0 Å². The Hall–Kier alpha value is -2.80. The SMILES string of the molecule is Cc1cc(NS(=O)(=O)c2ccccc2C(F)(F)F)ccc1NC(=O)C(C)(O)C(F)(F)F. The van der Waals surface area contributed by atoms with Crippen molar-refractivity contribution in [2.45, 2.75) is 36.7 Å². The van der Waals surface area contributed by atoms with Crippen molar-refractivity contribution >= 4 is 27.3 Å². The van der Waals surface area contributed by atoms with Gasteiger partial charge in [0.25, 0.3) is 15.9 Å². The molecule has 0 aliphatic heterocycles. The zero-order chi connectivity index (χ0) is 23.8. The van der Waals surface area contributed by atoms with Crippen molar-refractivity contribution in [1.29, 1.82) is 0 Å².